The molecule has 2 saturated heterocycles. The zero-order valence-corrected chi connectivity index (χ0v) is 65.3. The van der Waals surface area contributed by atoms with Gasteiger partial charge in [0, 0.05) is 6.92 Å². The Bertz CT molecular complexity index is 3000. The summed E-state index contributed by atoms with van der Waals surface area (Å²) < 4.78 is 79.0. The number of rotatable bonds is 49. The molecule has 0 spiro atoms. The lowest BCUT2D eigenvalue weighted by Gasteiger charge is -2.47. The van der Waals surface area contributed by atoms with Crippen molar-refractivity contribution in [2.24, 2.45) is 0 Å². The number of aliphatic hydroxyl groups excluding tert-OH is 7. The molecule has 0 aromatic heterocycles. The van der Waals surface area contributed by atoms with Gasteiger partial charge in [0.05, 0.1) is 26.4 Å². The molecule has 0 bridgehead atoms. The second-order valence-corrected chi connectivity index (χ2v) is 31.9. The maximum atomic E-state index is 13.2. The monoisotopic (exact) mass is 1490 g/mol. The van der Waals surface area contributed by atoms with E-state index >= 15 is 0 Å². The van der Waals surface area contributed by atoms with E-state index in [4.69, 9.17) is 32.9 Å². The predicted octanol–water partition coefficient (Wildman–Crippen LogP) is 10.8. The zero-order chi connectivity index (χ0) is 76.0. The summed E-state index contributed by atoms with van der Waals surface area (Å²) >= 11 is 0. The minimum atomic E-state index is -5.95. The molecule has 24 nitrogen and oxygen atoms in total. The molecule has 2 heterocycles. The van der Waals surface area contributed by atoms with E-state index in [0.717, 1.165) is 128 Å². The van der Waals surface area contributed by atoms with Crippen LogP contribution in [0.4, 0.5) is 0 Å². The largest absolute Gasteiger partial charge is 0.756 e. The summed E-state index contributed by atoms with van der Waals surface area (Å²) in [7, 11) is -17.0. The Morgan fingerprint density at radius 3 is 1.21 bits per heavy atom. The number of quaternary nitrogens is 1. The average Bonchev–Trinajstić information content (AvgIpc) is 0.779. The Morgan fingerprint density at radius 2 is 0.851 bits per heavy atom. The van der Waals surface area contributed by atoms with Crippen LogP contribution in [0.5, 0.6) is 0 Å². The molecule has 0 radical (unpaired) electrons. The van der Waals surface area contributed by atoms with Crippen molar-refractivity contribution in [3.63, 3.8) is 0 Å². The van der Waals surface area contributed by atoms with Gasteiger partial charge in [-0.3, -0.25) is 23.0 Å². The Balaban J connectivity index is 1.77. The molecule has 2 aliphatic rings. The van der Waals surface area contributed by atoms with E-state index in [1.54, 1.807) is 6.92 Å². The van der Waals surface area contributed by atoms with Gasteiger partial charge in [0.15, 0.2) is 12.6 Å². The van der Waals surface area contributed by atoms with Gasteiger partial charge in [-0.1, -0.05) is 128 Å². The molecule has 2 rings (SSSR count). The van der Waals surface area contributed by atoms with Crippen molar-refractivity contribution in [2.75, 3.05) is 26.4 Å². The second kappa shape index (κ2) is 49.4. The highest BCUT2D eigenvalue weighted by molar-refractivity contribution is 7.59. The van der Waals surface area contributed by atoms with Crippen molar-refractivity contribution in [1.82, 2.24) is 5.32 Å². The van der Waals surface area contributed by atoms with Gasteiger partial charge < -0.3 is 89.3 Å². The van der Waals surface area contributed by atoms with Crippen LogP contribution < -0.4 is 25.7 Å². The fraction of sp³-hybridized carbons (Fsp3) is 0.689. The van der Waals surface area contributed by atoms with Crippen molar-refractivity contribution in [2.45, 2.75) is 305 Å². The lowest BCUT2D eigenvalue weighted by molar-refractivity contribution is -0.487. The molecular weight excluding hydrogens is 1360 g/mol. The highest BCUT2D eigenvalue weighted by atomic mass is 31.3. The zero-order valence-electron chi connectivity index (χ0n) is 62.6. The van der Waals surface area contributed by atoms with Gasteiger partial charge >= 0.3 is 0 Å². The normalized spacial score (nSPS) is 25.7. The number of phosphoric ester groups is 3. The number of carbonyl (C=O) groups is 1. The number of amides is 1. The standard InChI is InChI=1S/C74H127N2O22P3/c1-50(2)25-15-26-51(3)27-16-28-52(4)29-17-30-53(5)31-18-32-54(6)33-19-34-55(7)35-20-36-56(8)37-21-38-57(9)39-22-40-58(10)41-23-42-59(11)43-24-44-60(12)45-46-91-100(87,88)98-101(89,90)97-73-67(76-62(14)78)72(66(75)61(13)94-73)96-74-71(84)70(83)69(82)65(95-74)49-93-99(85,86)92-48-64(80)68(81)63(79)47-77/h25,27,29,31,33,35,37,39,41,43,45,61,63-74,77,79-84H,15-24,26,28,30,32,34,36,38,40,42,44,46-49,75H2,1-14H3,(H,76,78)(H,85,86)(H,87,88)(H,89,90)/p-2/b51-27+,52-29+,53-31-,54-33-,55-35-,56-37-,57-39-,58-41-,59-43-,60-45-/t61-,63+,64-,65-,66+,67-,68+,69-,70+,71-,72+,73+,74+/m1/s1. The number of hydrogen-bond donors (Lipinski definition) is 9. The van der Waals surface area contributed by atoms with Gasteiger partial charge in [0.1, 0.15) is 67.0 Å². The van der Waals surface area contributed by atoms with Crippen molar-refractivity contribution in [3.8, 4) is 0 Å². The summed E-state index contributed by atoms with van der Waals surface area (Å²) in [4.78, 5) is 50.9. The smallest absolute Gasteiger partial charge is 0.276 e. The van der Waals surface area contributed by atoms with E-state index < -0.39 is 135 Å². The summed E-state index contributed by atoms with van der Waals surface area (Å²) in [5.74, 6) is -0.825. The van der Waals surface area contributed by atoms with Crippen LogP contribution in [0.15, 0.2) is 128 Å². The second-order valence-electron chi connectivity index (χ2n) is 27.6. The van der Waals surface area contributed by atoms with Crippen LogP contribution in [-0.2, 0) is 55.1 Å². The van der Waals surface area contributed by atoms with E-state index in [1.165, 1.54) is 68.7 Å². The number of carbonyl (C=O) groups excluding carboxylic acids is 1. The minimum Gasteiger partial charge on any atom is -0.756 e. The van der Waals surface area contributed by atoms with Gasteiger partial charge in [-0.2, -0.15) is 0 Å². The van der Waals surface area contributed by atoms with Gasteiger partial charge in [0.2, 0.25) is 5.91 Å². The SMILES string of the molecule is CC(=O)N[C@H]1[C@H](OP(=O)([O-])OP(=O)([O-])OC/C=C(/C)CC/C=C(/C)CC/C=C(/C)CC/C=C(/C)CC/C=C(/C)CC/C=C(/C)CC/C=C(/C)CC/C=C(/C)CC/C=C(\C)CC/C=C(\C)CCC=C(C)C)O[C@H](C)[C@H]([NH3+])[C@@H]1O[C@@H]1O[C@H](COP(=O)([O-])OC[C@@H](O)[C@@H](O)[C@@H](O)CO)[C@@H](O)[C@H](O)[C@H]1O. The quantitative estimate of drug-likeness (QED) is 0.0202. The third kappa shape index (κ3) is 41.3. The number of phosphoric acid groups is 3. The molecule has 0 aliphatic carbocycles. The molecule has 580 valence electrons. The van der Waals surface area contributed by atoms with Crippen LogP contribution >= 0.6 is 23.5 Å². The maximum Gasteiger partial charge on any atom is 0.276 e. The predicted molar refractivity (Wildman–Crippen MR) is 387 cm³/mol. The van der Waals surface area contributed by atoms with Crippen molar-refractivity contribution in [3.05, 3.63) is 128 Å². The topological polar surface area (TPSA) is 393 Å². The minimum absolute atomic E-state index is 0.555. The first-order chi connectivity index (χ1) is 47.3. The van der Waals surface area contributed by atoms with Crippen molar-refractivity contribution < 1.29 is 111 Å². The molecule has 2 fully saturated rings. The molecule has 27 heteroatoms. The molecule has 1 amide bonds. The number of allylic oxidation sites excluding steroid dienone is 21. The van der Waals surface area contributed by atoms with E-state index in [1.807, 2.05) is 0 Å². The third-order valence-corrected chi connectivity index (χ3v) is 21.1. The molecule has 3 unspecified atom stereocenters. The van der Waals surface area contributed by atoms with Crippen LogP contribution in [0, 0.1) is 0 Å². The molecule has 0 saturated carbocycles. The molecule has 16 atom stereocenters. The summed E-state index contributed by atoms with van der Waals surface area (Å²) in [5.41, 5.74) is 18.9. The fourth-order valence-electron chi connectivity index (χ4n) is 11.0. The fourth-order valence-corrected chi connectivity index (χ4v) is 13.7. The van der Waals surface area contributed by atoms with Gasteiger partial charge in [-0.25, -0.2) is 4.31 Å². The first-order valence-electron chi connectivity index (χ1n) is 35.6. The summed E-state index contributed by atoms with van der Waals surface area (Å²) in [6.07, 6.45) is 24.7. The molecule has 0 aromatic rings. The summed E-state index contributed by atoms with van der Waals surface area (Å²) in [6, 6.07) is -2.80. The van der Waals surface area contributed by atoms with Crippen LogP contribution in [-0.4, -0.2) is 148 Å². The van der Waals surface area contributed by atoms with E-state index in [9.17, 15) is 63.8 Å². The molecular formula is C74H125N2O22P3-2. The first kappa shape index (κ1) is 93.6. The highest BCUT2D eigenvalue weighted by Gasteiger charge is 2.53. The van der Waals surface area contributed by atoms with E-state index in [-0.39, 0.29) is 0 Å². The Morgan fingerprint density at radius 1 is 0.485 bits per heavy atom. The van der Waals surface area contributed by atoms with Crippen molar-refractivity contribution >= 4 is 29.4 Å². The number of nitrogens with one attached hydrogen (secondary N) is 1. The number of ether oxygens (including phenoxy) is 3. The third-order valence-electron chi connectivity index (χ3n) is 17.6. The Labute approximate surface area is 602 Å². The van der Waals surface area contributed by atoms with Crippen molar-refractivity contribution in [1.29, 1.82) is 0 Å². The van der Waals surface area contributed by atoms with Gasteiger partial charge in [0.25, 0.3) is 23.5 Å². The van der Waals surface area contributed by atoms with Crippen LogP contribution in [0.2, 0.25) is 0 Å². The molecule has 11 N–H and O–H groups in total. The molecule has 2 aliphatic heterocycles. The molecule has 101 heavy (non-hydrogen) atoms. The maximum absolute atomic E-state index is 13.2. The van der Waals surface area contributed by atoms with Gasteiger partial charge in [-0.15, -0.1) is 0 Å². The van der Waals surface area contributed by atoms with E-state index in [2.05, 4.69) is 157 Å². The van der Waals surface area contributed by atoms with Crippen LogP contribution in [0.1, 0.15) is 225 Å². The number of aliphatic hydroxyl groups is 7. The lowest BCUT2D eigenvalue weighted by atomic mass is 9.94. The summed E-state index contributed by atoms with van der Waals surface area (Å²) in [6.45, 7) is 24.7. The molecule has 0 aromatic carbocycles. The first-order valence-corrected chi connectivity index (χ1v) is 39.9. The highest BCUT2D eigenvalue weighted by Crippen LogP contribution is 2.57. The lowest BCUT2D eigenvalue weighted by Crippen LogP contribution is -2.80. The Hall–Kier alpha value is -3.46. The van der Waals surface area contributed by atoms with Gasteiger partial charge in [-0.05, 0) is 218 Å². The van der Waals surface area contributed by atoms with Crippen LogP contribution in [0.3, 0.4) is 0 Å². The average molecular weight is 1490 g/mol. The summed E-state index contributed by atoms with van der Waals surface area (Å²) in [5, 5.41) is 72.7. The number of hydrogen-bond acceptors (Lipinski definition) is 22. The van der Waals surface area contributed by atoms with Crippen LogP contribution in [0.25, 0.3) is 0 Å². The Kier molecular flexibility index (Phi) is 45.8. The van der Waals surface area contributed by atoms with E-state index in [0.29, 0.717) is 12.8 Å².